The highest BCUT2D eigenvalue weighted by molar-refractivity contribution is 5.78. The first-order valence-electron chi connectivity index (χ1n) is 8.44. The molecule has 1 N–H and O–H groups in total. The standard InChI is InChI=1S/C18H26N2O3/c1-3-15(19-17(21)4-2)14-9-5-6-10-16(14)23-13-18(22)20-11-7-8-12-20/h5-6,9-10,15H,3-4,7-8,11-13H2,1-2H3,(H,19,21). The largest absolute Gasteiger partial charge is 0.483 e. The predicted molar refractivity (Wildman–Crippen MR) is 89.2 cm³/mol. The number of hydrogen-bond acceptors (Lipinski definition) is 3. The quantitative estimate of drug-likeness (QED) is 0.841. The number of carbonyl (C=O) groups is 2. The Bertz CT molecular complexity index is 539. The van der Waals surface area contributed by atoms with Gasteiger partial charge in [-0.05, 0) is 25.3 Å². The molecule has 0 bridgehead atoms. The maximum Gasteiger partial charge on any atom is 0.260 e. The molecule has 0 aliphatic carbocycles. The molecule has 1 aromatic rings. The van der Waals surface area contributed by atoms with Gasteiger partial charge in [0.2, 0.25) is 5.91 Å². The summed E-state index contributed by atoms with van der Waals surface area (Å²) in [5, 5.41) is 3.00. The third-order valence-corrected chi connectivity index (χ3v) is 4.17. The van der Waals surface area contributed by atoms with Crippen molar-refractivity contribution in [3.8, 4) is 5.75 Å². The Kier molecular flexibility index (Phi) is 6.44. The van der Waals surface area contributed by atoms with Crippen molar-refractivity contribution in [2.24, 2.45) is 0 Å². The number of nitrogens with zero attached hydrogens (tertiary/aromatic N) is 1. The van der Waals surface area contributed by atoms with Crippen molar-refractivity contribution in [3.05, 3.63) is 29.8 Å². The number of benzene rings is 1. The van der Waals surface area contributed by atoms with Crippen LogP contribution in [-0.2, 0) is 9.59 Å². The molecule has 1 heterocycles. The third-order valence-electron chi connectivity index (χ3n) is 4.17. The van der Waals surface area contributed by atoms with Gasteiger partial charge in [-0.1, -0.05) is 32.0 Å². The van der Waals surface area contributed by atoms with Crippen LogP contribution in [0, 0.1) is 0 Å². The van der Waals surface area contributed by atoms with E-state index in [1.807, 2.05) is 43.0 Å². The Morgan fingerprint density at radius 1 is 1.22 bits per heavy atom. The van der Waals surface area contributed by atoms with Gasteiger partial charge in [0, 0.05) is 25.1 Å². The summed E-state index contributed by atoms with van der Waals surface area (Å²) in [7, 11) is 0. The fourth-order valence-electron chi connectivity index (χ4n) is 2.79. The van der Waals surface area contributed by atoms with Crippen LogP contribution in [0.15, 0.2) is 24.3 Å². The molecule has 0 spiro atoms. The molecule has 1 atom stereocenters. The van der Waals surface area contributed by atoms with Crippen molar-refractivity contribution in [2.75, 3.05) is 19.7 Å². The highest BCUT2D eigenvalue weighted by atomic mass is 16.5. The summed E-state index contributed by atoms with van der Waals surface area (Å²) in [5.41, 5.74) is 0.922. The summed E-state index contributed by atoms with van der Waals surface area (Å²) >= 11 is 0. The molecular formula is C18H26N2O3. The average Bonchev–Trinajstić information content (AvgIpc) is 3.12. The molecule has 1 unspecified atom stereocenters. The fourth-order valence-corrected chi connectivity index (χ4v) is 2.79. The van der Waals surface area contributed by atoms with Crippen molar-refractivity contribution in [1.29, 1.82) is 0 Å². The van der Waals surface area contributed by atoms with Gasteiger partial charge >= 0.3 is 0 Å². The zero-order chi connectivity index (χ0) is 16.7. The highest BCUT2D eigenvalue weighted by Crippen LogP contribution is 2.27. The Labute approximate surface area is 138 Å². The molecule has 1 aromatic carbocycles. The van der Waals surface area contributed by atoms with Crippen molar-refractivity contribution in [1.82, 2.24) is 10.2 Å². The third kappa shape index (κ3) is 4.71. The van der Waals surface area contributed by atoms with Crippen molar-refractivity contribution in [2.45, 2.75) is 45.6 Å². The summed E-state index contributed by atoms with van der Waals surface area (Å²) in [5.74, 6) is 0.714. The van der Waals surface area contributed by atoms with Crippen LogP contribution in [0.1, 0.15) is 51.1 Å². The fraction of sp³-hybridized carbons (Fsp3) is 0.556. The second-order valence-electron chi connectivity index (χ2n) is 5.80. The zero-order valence-corrected chi connectivity index (χ0v) is 14.0. The first kappa shape index (κ1) is 17.3. The minimum Gasteiger partial charge on any atom is -0.483 e. The first-order chi connectivity index (χ1) is 11.2. The minimum absolute atomic E-state index is 0.0137. The Morgan fingerprint density at radius 2 is 1.91 bits per heavy atom. The smallest absolute Gasteiger partial charge is 0.260 e. The van der Waals surface area contributed by atoms with E-state index in [0.717, 1.165) is 37.9 Å². The molecule has 2 amide bonds. The van der Waals surface area contributed by atoms with Gasteiger partial charge in [-0.2, -0.15) is 0 Å². The number of nitrogens with one attached hydrogen (secondary N) is 1. The van der Waals surface area contributed by atoms with Gasteiger partial charge in [0.05, 0.1) is 6.04 Å². The lowest BCUT2D eigenvalue weighted by Gasteiger charge is -2.21. The molecule has 1 fully saturated rings. The topological polar surface area (TPSA) is 58.6 Å². The van der Waals surface area contributed by atoms with E-state index >= 15 is 0 Å². The van der Waals surface area contributed by atoms with E-state index in [1.54, 1.807) is 0 Å². The van der Waals surface area contributed by atoms with E-state index in [1.165, 1.54) is 0 Å². The van der Waals surface area contributed by atoms with E-state index in [0.29, 0.717) is 12.2 Å². The summed E-state index contributed by atoms with van der Waals surface area (Å²) in [6.45, 7) is 5.56. The minimum atomic E-state index is -0.0967. The summed E-state index contributed by atoms with van der Waals surface area (Å²) in [6.07, 6.45) is 3.37. The molecule has 1 saturated heterocycles. The summed E-state index contributed by atoms with van der Waals surface area (Å²) < 4.78 is 5.77. The van der Waals surface area contributed by atoms with Crippen LogP contribution in [0.3, 0.4) is 0 Å². The molecule has 0 aromatic heterocycles. The monoisotopic (exact) mass is 318 g/mol. The lowest BCUT2D eigenvalue weighted by atomic mass is 10.0. The van der Waals surface area contributed by atoms with Crippen LogP contribution in [0.25, 0.3) is 0 Å². The van der Waals surface area contributed by atoms with Crippen LogP contribution < -0.4 is 10.1 Å². The number of rotatable bonds is 7. The zero-order valence-electron chi connectivity index (χ0n) is 14.0. The number of carbonyl (C=O) groups excluding carboxylic acids is 2. The van der Waals surface area contributed by atoms with Crippen LogP contribution >= 0.6 is 0 Å². The SMILES string of the molecule is CCC(=O)NC(CC)c1ccccc1OCC(=O)N1CCCC1. The first-order valence-corrected chi connectivity index (χ1v) is 8.44. The van der Waals surface area contributed by atoms with Gasteiger partial charge in [0.1, 0.15) is 5.75 Å². The van der Waals surface area contributed by atoms with Crippen LogP contribution in [0.4, 0.5) is 0 Å². The van der Waals surface area contributed by atoms with Crippen LogP contribution in [0.5, 0.6) is 5.75 Å². The maximum atomic E-state index is 12.1. The maximum absolute atomic E-state index is 12.1. The molecule has 5 heteroatoms. The van der Waals surface area contributed by atoms with Crippen molar-refractivity contribution in [3.63, 3.8) is 0 Å². The second-order valence-corrected chi connectivity index (χ2v) is 5.80. The molecule has 0 saturated carbocycles. The van der Waals surface area contributed by atoms with Gasteiger partial charge < -0.3 is 15.0 Å². The highest BCUT2D eigenvalue weighted by Gasteiger charge is 2.20. The molecule has 1 aliphatic rings. The van der Waals surface area contributed by atoms with Gasteiger partial charge in [-0.3, -0.25) is 9.59 Å². The Hall–Kier alpha value is -2.04. The molecule has 126 valence electrons. The Balaban J connectivity index is 2.03. The average molecular weight is 318 g/mol. The van der Waals surface area contributed by atoms with Gasteiger partial charge in [-0.15, -0.1) is 0 Å². The number of amides is 2. The predicted octanol–water partition coefficient (Wildman–Crippen LogP) is 2.67. The van der Waals surface area contributed by atoms with E-state index < -0.39 is 0 Å². The number of ether oxygens (including phenoxy) is 1. The molecule has 23 heavy (non-hydrogen) atoms. The molecule has 5 nitrogen and oxygen atoms in total. The molecular weight excluding hydrogens is 292 g/mol. The molecule has 0 radical (unpaired) electrons. The van der Waals surface area contributed by atoms with E-state index in [9.17, 15) is 9.59 Å². The Morgan fingerprint density at radius 3 is 2.57 bits per heavy atom. The van der Waals surface area contributed by atoms with Crippen LogP contribution in [-0.4, -0.2) is 36.4 Å². The number of likely N-dealkylation sites (tertiary alicyclic amines) is 1. The number of hydrogen-bond donors (Lipinski definition) is 1. The van der Waals surface area contributed by atoms with Gasteiger partial charge in [0.25, 0.3) is 5.91 Å². The van der Waals surface area contributed by atoms with E-state index in [-0.39, 0.29) is 24.5 Å². The number of para-hydroxylation sites is 1. The summed E-state index contributed by atoms with van der Waals surface area (Å²) in [6, 6.07) is 7.51. The van der Waals surface area contributed by atoms with E-state index in [4.69, 9.17) is 4.74 Å². The normalized spacial score (nSPS) is 15.3. The second kappa shape index (κ2) is 8.56. The van der Waals surface area contributed by atoms with E-state index in [2.05, 4.69) is 5.32 Å². The van der Waals surface area contributed by atoms with Crippen molar-refractivity contribution < 1.29 is 14.3 Å². The van der Waals surface area contributed by atoms with Gasteiger partial charge in [0.15, 0.2) is 6.61 Å². The molecule has 2 rings (SSSR count). The van der Waals surface area contributed by atoms with Gasteiger partial charge in [-0.25, -0.2) is 0 Å². The lowest BCUT2D eigenvalue weighted by Crippen LogP contribution is -2.32. The van der Waals surface area contributed by atoms with Crippen LogP contribution in [0.2, 0.25) is 0 Å². The lowest BCUT2D eigenvalue weighted by molar-refractivity contribution is -0.132. The molecule has 1 aliphatic heterocycles. The summed E-state index contributed by atoms with van der Waals surface area (Å²) in [4.78, 5) is 25.7. The van der Waals surface area contributed by atoms with Crippen molar-refractivity contribution >= 4 is 11.8 Å².